The van der Waals surface area contributed by atoms with Gasteiger partial charge in [0.1, 0.15) is 52.1 Å². The zero-order valence-corrected chi connectivity index (χ0v) is 19.2. The first-order chi connectivity index (χ1) is 15.3. The molecule has 0 saturated carbocycles. The van der Waals surface area contributed by atoms with E-state index in [0.29, 0.717) is 4.90 Å². The number of rotatable bonds is 5. The quantitative estimate of drug-likeness (QED) is 0.417. The van der Waals surface area contributed by atoms with Crippen molar-refractivity contribution in [2.75, 3.05) is 6.61 Å². The van der Waals surface area contributed by atoms with E-state index in [9.17, 15) is 24.1 Å². The van der Waals surface area contributed by atoms with Crippen molar-refractivity contribution in [3.05, 3.63) is 57.9 Å². The number of aromatic nitrogens is 4. The van der Waals surface area contributed by atoms with Crippen LogP contribution in [-0.2, 0) is 4.74 Å². The van der Waals surface area contributed by atoms with Crippen LogP contribution in [0.1, 0.15) is 6.04 Å². The molecule has 3 N–H and O–H groups in total. The van der Waals surface area contributed by atoms with Gasteiger partial charge in [-0.2, -0.15) is 0 Å². The maximum atomic E-state index is 13.8. The van der Waals surface area contributed by atoms with E-state index in [1.165, 1.54) is 10.9 Å². The molecule has 1 saturated heterocycles. The van der Waals surface area contributed by atoms with E-state index in [1.54, 1.807) is 18.5 Å². The molecule has 8 nitrogen and oxygen atoms in total. The molecule has 1 fully saturated rings. The van der Waals surface area contributed by atoms with Crippen LogP contribution in [0, 0.1) is 11.6 Å². The second kappa shape index (κ2) is 9.67. The van der Waals surface area contributed by atoms with Crippen molar-refractivity contribution in [1.29, 1.82) is 0 Å². The van der Waals surface area contributed by atoms with Crippen LogP contribution in [0.3, 0.4) is 0 Å². The van der Waals surface area contributed by atoms with Crippen molar-refractivity contribution in [3.63, 3.8) is 0 Å². The van der Waals surface area contributed by atoms with E-state index in [0.717, 1.165) is 28.4 Å². The van der Waals surface area contributed by atoms with Gasteiger partial charge in [0.25, 0.3) is 0 Å². The van der Waals surface area contributed by atoms with Gasteiger partial charge in [-0.15, -0.1) is 5.10 Å². The van der Waals surface area contributed by atoms with Crippen LogP contribution in [0.15, 0.2) is 46.2 Å². The fourth-order valence-corrected chi connectivity index (χ4v) is 5.04. The fraction of sp³-hybridized carbons (Fsp3) is 0.316. The largest absolute Gasteiger partial charge is 0.394 e. The van der Waals surface area contributed by atoms with Gasteiger partial charge < -0.3 is 20.1 Å². The van der Waals surface area contributed by atoms with Crippen molar-refractivity contribution in [3.8, 4) is 11.3 Å². The Hall–Kier alpha value is -1.67. The highest BCUT2D eigenvalue weighted by Gasteiger charge is 2.46. The molecular weight excluding hydrogens is 534 g/mol. The Labute approximate surface area is 198 Å². The molecule has 0 radical (unpaired) electrons. The molecule has 3 heterocycles. The first-order valence-corrected chi connectivity index (χ1v) is 11.3. The maximum Gasteiger partial charge on any atom is 0.145 e. The lowest BCUT2D eigenvalue weighted by Gasteiger charge is -2.41. The van der Waals surface area contributed by atoms with Crippen LogP contribution in [-0.4, -0.2) is 65.7 Å². The Kier molecular flexibility index (Phi) is 7.10. The number of aliphatic hydroxyl groups is 3. The molecule has 0 amide bonds. The summed E-state index contributed by atoms with van der Waals surface area (Å²) < 4.78 is 35.3. The predicted molar refractivity (Wildman–Crippen MR) is 115 cm³/mol. The second-order valence-electron chi connectivity index (χ2n) is 6.99. The number of hydrogen-bond acceptors (Lipinski definition) is 8. The van der Waals surface area contributed by atoms with Crippen molar-refractivity contribution in [2.45, 2.75) is 34.7 Å². The first kappa shape index (κ1) is 23.5. The topological polar surface area (TPSA) is 114 Å². The lowest BCUT2D eigenvalue weighted by molar-refractivity contribution is -0.178. The van der Waals surface area contributed by atoms with Crippen LogP contribution < -0.4 is 0 Å². The van der Waals surface area contributed by atoms with Crippen LogP contribution >= 0.6 is 39.3 Å². The number of nitrogens with zero attached hydrogens (tertiary/aromatic N) is 4. The summed E-state index contributed by atoms with van der Waals surface area (Å²) in [6, 6.07) is 2.73. The van der Waals surface area contributed by atoms with E-state index < -0.39 is 53.1 Å². The van der Waals surface area contributed by atoms with Gasteiger partial charge in [-0.05, 0) is 34.1 Å². The monoisotopic (exact) mass is 548 g/mol. The van der Waals surface area contributed by atoms with Gasteiger partial charge in [-0.25, -0.2) is 13.5 Å². The third kappa shape index (κ3) is 4.67. The minimum atomic E-state index is -1.33. The van der Waals surface area contributed by atoms with E-state index in [1.807, 2.05) is 0 Å². The van der Waals surface area contributed by atoms with Crippen molar-refractivity contribution >= 4 is 39.3 Å². The normalized spacial score (nSPS) is 25.8. The number of pyridine rings is 1. The van der Waals surface area contributed by atoms with Crippen molar-refractivity contribution in [1.82, 2.24) is 20.0 Å². The smallest absolute Gasteiger partial charge is 0.145 e. The standard InChI is InChI=1S/C19H16BrClF2N4O4S/c20-9-3-10(5-24-4-9)32-19-18(30)16(17(29)14(7-28)31-19)27-6-13(25-26-27)8-1-11(22)15(21)12(23)2-8/h1-6,14,16-19,28-30H,7H2/t14?,16?,17?,18-,19?/m0/s1. The zero-order chi connectivity index (χ0) is 23.0. The number of ether oxygens (including phenoxy) is 1. The Morgan fingerprint density at radius 2 is 1.88 bits per heavy atom. The number of aliphatic hydroxyl groups excluding tert-OH is 3. The molecule has 4 rings (SSSR count). The number of benzene rings is 1. The lowest BCUT2D eigenvalue weighted by atomic mass is 9.97. The first-order valence-electron chi connectivity index (χ1n) is 9.25. The van der Waals surface area contributed by atoms with E-state index in [4.69, 9.17) is 16.3 Å². The highest BCUT2D eigenvalue weighted by atomic mass is 79.9. The zero-order valence-electron chi connectivity index (χ0n) is 16.0. The summed E-state index contributed by atoms with van der Waals surface area (Å²) in [5.74, 6) is -1.91. The molecule has 1 aliphatic heterocycles. The highest BCUT2D eigenvalue weighted by Crippen LogP contribution is 2.38. The lowest BCUT2D eigenvalue weighted by Crippen LogP contribution is -2.55. The predicted octanol–water partition coefficient (Wildman–Crippen LogP) is 2.81. The molecule has 2 aromatic heterocycles. The van der Waals surface area contributed by atoms with Crippen LogP contribution in [0.5, 0.6) is 0 Å². The minimum absolute atomic E-state index is 0.0801. The summed E-state index contributed by atoms with van der Waals surface area (Å²) in [6.07, 6.45) is 0.896. The van der Waals surface area contributed by atoms with Crippen LogP contribution in [0.4, 0.5) is 8.78 Å². The van der Waals surface area contributed by atoms with Crippen molar-refractivity contribution in [2.24, 2.45) is 0 Å². The molecule has 170 valence electrons. The SMILES string of the molecule is OCC1OC(Sc2cncc(Br)c2)[C@@H](O)C(n2cc(-c3cc(F)c(Cl)c(F)c3)nn2)C1O. The third-order valence-electron chi connectivity index (χ3n) is 4.88. The molecule has 4 unspecified atom stereocenters. The summed E-state index contributed by atoms with van der Waals surface area (Å²) in [5.41, 5.74) is -0.697. The molecule has 13 heteroatoms. The minimum Gasteiger partial charge on any atom is -0.394 e. The van der Waals surface area contributed by atoms with Crippen LogP contribution in [0.2, 0.25) is 5.02 Å². The van der Waals surface area contributed by atoms with Gasteiger partial charge in [-0.1, -0.05) is 28.6 Å². The van der Waals surface area contributed by atoms with Crippen molar-refractivity contribution < 1.29 is 28.8 Å². The summed E-state index contributed by atoms with van der Waals surface area (Å²) in [4.78, 5) is 4.74. The van der Waals surface area contributed by atoms with Gasteiger partial charge in [-0.3, -0.25) is 4.98 Å². The number of thioether (sulfide) groups is 1. The molecule has 0 aliphatic carbocycles. The molecule has 0 spiro atoms. The summed E-state index contributed by atoms with van der Waals surface area (Å²) in [7, 11) is 0. The Bertz CT molecular complexity index is 1100. The molecule has 0 bridgehead atoms. The average molecular weight is 550 g/mol. The van der Waals surface area contributed by atoms with Crippen LogP contribution in [0.25, 0.3) is 11.3 Å². The van der Waals surface area contributed by atoms with E-state index >= 15 is 0 Å². The third-order valence-corrected chi connectivity index (χ3v) is 6.79. The van der Waals surface area contributed by atoms with Gasteiger partial charge in [0.2, 0.25) is 0 Å². The highest BCUT2D eigenvalue weighted by molar-refractivity contribution is 9.10. The summed E-state index contributed by atoms with van der Waals surface area (Å²) >= 11 is 10.00. The summed E-state index contributed by atoms with van der Waals surface area (Å²) in [6.45, 7) is -0.507. The number of hydrogen-bond donors (Lipinski definition) is 3. The molecule has 5 atom stereocenters. The maximum absolute atomic E-state index is 13.8. The Morgan fingerprint density at radius 1 is 1.16 bits per heavy atom. The van der Waals surface area contributed by atoms with Gasteiger partial charge in [0, 0.05) is 27.3 Å². The fourth-order valence-electron chi connectivity index (χ4n) is 3.33. The molecule has 1 aliphatic rings. The van der Waals surface area contributed by atoms with E-state index in [2.05, 4.69) is 31.2 Å². The molecule has 3 aromatic rings. The second-order valence-corrected chi connectivity index (χ2v) is 9.46. The molecular formula is C19H16BrClF2N4O4S. The Morgan fingerprint density at radius 3 is 2.53 bits per heavy atom. The summed E-state index contributed by atoms with van der Waals surface area (Å²) in [5, 5.41) is 38.5. The van der Waals surface area contributed by atoms with Gasteiger partial charge in [0.15, 0.2) is 0 Å². The molecule has 1 aromatic carbocycles. The Balaban J connectivity index is 1.64. The number of halogens is 4. The van der Waals surface area contributed by atoms with Gasteiger partial charge in [0.05, 0.1) is 12.8 Å². The molecule has 32 heavy (non-hydrogen) atoms. The van der Waals surface area contributed by atoms with E-state index in [-0.39, 0.29) is 11.3 Å². The average Bonchev–Trinajstić information content (AvgIpc) is 3.23. The van der Waals surface area contributed by atoms with Gasteiger partial charge >= 0.3 is 0 Å².